The van der Waals surface area contributed by atoms with Crippen molar-refractivity contribution in [3.05, 3.63) is 40.8 Å². The Kier molecular flexibility index (Phi) is 3.66. The standard InChI is InChI=1S/C12H13BrN4O/c1-2-17-7-8(13)5-10(17)12(18)16-9-3-4-11(14)15-6-9/h3-7H,2H2,1H3,(H2,14,15)(H,16,18). The van der Waals surface area contributed by atoms with Gasteiger partial charge in [-0.15, -0.1) is 0 Å². The molecule has 0 aliphatic carbocycles. The monoisotopic (exact) mass is 308 g/mol. The van der Waals surface area contributed by atoms with Gasteiger partial charge in [-0.05, 0) is 41.1 Å². The normalized spacial score (nSPS) is 10.3. The second-order valence-corrected chi connectivity index (χ2v) is 4.67. The lowest BCUT2D eigenvalue weighted by Crippen LogP contribution is -2.16. The number of nitrogens with zero attached hydrogens (tertiary/aromatic N) is 2. The molecule has 0 saturated heterocycles. The van der Waals surface area contributed by atoms with Crippen LogP contribution in [-0.4, -0.2) is 15.5 Å². The third kappa shape index (κ3) is 2.70. The molecule has 0 aliphatic rings. The summed E-state index contributed by atoms with van der Waals surface area (Å²) in [5, 5.41) is 2.77. The summed E-state index contributed by atoms with van der Waals surface area (Å²) < 4.78 is 2.74. The Morgan fingerprint density at radius 2 is 2.33 bits per heavy atom. The molecule has 0 spiro atoms. The number of nitrogens with two attached hydrogens (primary N) is 1. The fourth-order valence-corrected chi connectivity index (χ4v) is 2.07. The zero-order valence-corrected chi connectivity index (χ0v) is 11.4. The molecule has 3 N–H and O–H groups in total. The van der Waals surface area contributed by atoms with Gasteiger partial charge in [0.05, 0.1) is 11.9 Å². The average Bonchev–Trinajstić information content (AvgIpc) is 2.73. The molecule has 0 aliphatic heterocycles. The lowest BCUT2D eigenvalue weighted by atomic mass is 10.3. The summed E-state index contributed by atoms with van der Waals surface area (Å²) in [7, 11) is 0. The van der Waals surface area contributed by atoms with Crippen LogP contribution in [0.15, 0.2) is 35.1 Å². The van der Waals surface area contributed by atoms with E-state index in [1.165, 1.54) is 6.20 Å². The smallest absolute Gasteiger partial charge is 0.272 e. The van der Waals surface area contributed by atoms with E-state index in [0.29, 0.717) is 17.2 Å². The van der Waals surface area contributed by atoms with Gasteiger partial charge in [0.25, 0.3) is 5.91 Å². The highest BCUT2D eigenvalue weighted by molar-refractivity contribution is 9.10. The number of aryl methyl sites for hydroxylation is 1. The number of nitrogen functional groups attached to an aromatic ring is 1. The van der Waals surface area contributed by atoms with Crippen LogP contribution < -0.4 is 11.1 Å². The number of amides is 1. The van der Waals surface area contributed by atoms with Gasteiger partial charge in [0.1, 0.15) is 11.5 Å². The minimum absolute atomic E-state index is 0.172. The predicted molar refractivity (Wildman–Crippen MR) is 74.4 cm³/mol. The zero-order chi connectivity index (χ0) is 13.1. The van der Waals surface area contributed by atoms with Gasteiger partial charge in [-0.25, -0.2) is 4.98 Å². The molecule has 0 saturated carbocycles. The molecule has 0 aromatic carbocycles. The SMILES string of the molecule is CCn1cc(Br)cc1C(=O)Nc1ccc(N)nc1. The summed E-state index contributed by atoms with van der Waals surface area (Å²) in [6.07, 6.45) is 3.40. The summed E-state index contributed by atoms with van der Waals surface area (Å²) in [5.41, 5.74) is 6.70. The van der Waals surface area contributed by atoms with E-state index in [1.807, 2.05) is 17.7 Å². The molecule has 0 fully saturated rings. The Labute approximate surface area is 113 Å². The van der Waals surface area contributed by atoms with Gasteiger partial charge in [0.2, 0.25) is 0 Å². The Bertz CT molecular complexity index is 562. The molecule has 5 nitrogen and oxygen atoms in total. The van der Waals surface area contributed by atoms with Crippen molar-refractivity contribution in [3.63, 3.8) is 0 Å². The number of nitrogens with one attached hydrogen (secondary N) is 1. The highest BCUT2D eigenvalue weighted by Crippen LogP contribution is 2.16. The molecular weight excluding hydrogens is 296 g/mol. The highest BCUT2D eigenvalue weighted by atomic mass is 79.9. The molecule has 6 heteroatoms. The molecule has 18 heavy (non-hydrogen) atoms. The highest BCUT2D eigenvalue weighted by Gasteiger charge is 2.12. The maximum absolute atomic E-state index is 12.1. The Hall–Kier alpha value is -1.82. The number of hydrogen-bond donors (Lipinski definition) is 2. The largest absolute Gasteiger partial charge is 0.384 e. The first kappa shape index (κ1) is 12.6. The first-order valence-corrected chi connectivity index (χ1v) is 6.28. The van der Waals surface area contributed by atoms with Crippen molar-refractivity contribution in [2.45, 2.75) is 13.5 Å². The number of pyridine rings is 1. The molecule has 0 radical (unpaired) electrons. The van der Waals surface area contributed by atoms with Crippen LogP contribution in [0.5, 0.6) is 0 Å². The Morgan fingerprint density at radius 3 is 2.94 bits per heavy atom. The fourth-order valence-electron chi connectivity index (χ4n) is 1.60. The first-order chi connectivity index (χ1) is 8.60. The molecule has 2 rings (SSSR count). The van der Waals surface area contributed by atoms with E-state index in [1.54, 1.807) is 18.2 Å². The Morgan fingerprint density at radius 1 is 1.56 bits per heavy atom. The molecule has 1 amide bonds. The minimum atomic E-state index is -0.172. The van der Waals surface area contributed by atoms with Crippen LogP contribution in [0.3, 0.4) is 0 Å². The van der Waals surface area contributed by atoms with Crippen molar-refractivity contribution < 1.29 is 4.79 Å². The molecular formula is C12H13BrN4O. The van der Waals surface area contributed by atoms with E-state index in [-0.39, 0.29) is 5.91 Å². The van der Waals surface area contributed by atoms with E-state index in [4.69, 9.17) is 5.73 Å². The van der Waals surface area contributed by atoms with E-state index in [9.17, 15) is 4.79 Å². The second kappa shape index (κ2) is 5.22. The lowest BCUT2D eigenvalue weighted by molar-refractivity contribution is 0.101. The van der Waals surface area contributed by atoms with Crippen LogP contribution in [0.25, 0.3) is 0 Å². The summed E-state index contributed by atoms with van der Waals surface area (Å²) in [6.45, 7) is 2.71. The molecule has 0 unspecified atom stereocenters. The Balaban J connectivity index is 2.19. The number of rotatable bonds is 3. The van der Waals surface area contributed by atoms with Crippen LogP contribution in [0.2, 0.25) is 0 Å². The number of carbonyl (C=O) groups is 1. The summed E-state index contributed by atoms with van der Waals surface area (Å²) in [5.74, 6) is 0.252. The van der Waals surface area contributed by atoms with Crippen molar-refractivity contribution in [1.82, 2.24) is 9.55 Å². The van der Waals surface area contributed by atoms with Crippen LogP contribution >= 0.6 is 15.9 Å². The van der Waals surface area contributed by atoms with E-state index in [2.05, 4.69) is 26.2 Å². The van der Waals surface area contributed by atoms with E-state index < -0.39 is 0 Å². The van der Waals surface area contributed by atoms with Crippen LogP contribution in [-0.2, 0) is 6.54 Å². The zero-order valence-electron chi connectivity index (χ0n) is 9.85. The second-order valence-electron chi connectivity index (χ2n) is 3.76. The summed E-state index contributed by atoms with van der Waals surface area (Å²) in [4.78, 5) is 16.0. The predicted octanol–water partition coefficient (Wildman–Crippen LogP) is 2.50. The molecule has 94 valence electrons. The number of halogens is 1. The molecule has 2 aromatic rings. The van der Waals surface area contributed by atoms with E-state index >= 15 is 0 Å². The third-order valence-corrected chi connectivity index (χ3v) is 2.91. The van der Waals surface area contributed by atoms with E-state index in [0.717, 1.165) is 11.0 Å². The van der Waals surface area contributed by atoms with Crippen molar-refractivity contribution in [3.8, 4) is 0 Å². The van der Waals surface area contributed by atoms with Gasteiger partial charge in [0.15, 0.2) is 0 Å². The molecule has 2 heterocycles. The van der Waals surface area contributed by atoms with Crippen LogP contribution in [0.1, 0.15) is 17.4 Å². The number of anilines is 2. The van der Waals surface area contributed by atoms with Gasteiger partial charge in [0, 0.05) is 17.2 Å². The van der Waals surface area contributed by atoms with Gasteiger partial charge < -0.3 is 15.6 Å². The number of aromatic nitrogens is 2. The maximum Gasteiger partial charge on any atom is 0.272 e. The average molecular weight is 309 g/mol. The lowest BCUT2D eigenvalue weighted by Gasteiger charge is -2.07. The van der Waals surface area contributed by atoms with Gasteiger partial charge in [-0.1, -0.05) is 0 Å². The fraction of sp³-hybridized carbons (Fsp3) is 0.167. The molecule has 0 atom stereocenters. The van der Waals surface area contributed by atoms with Crippen LogP contribution in [0, 0.1) is 0 Å². The topological polar surface area (TPSA) is 72.9 Å². The summed E-state index contributed by atoms with van der Waals surface area (Å²) >= 11 is 3.36. The first-order valence-electron chi connectivity index (χ1n) is 5.48. The van der Waals surface area contributed by atoms with Gasteiger partial charge in [-0.2, -0.15) is 0 Å². The van der Waals surface area contributed by atoms with Crippen LogP contribution in [0.4, 0.5) is 11.5 Å². The summed E-state index contributed by atoms with van der Waals surface area (Å²) in [6, 6.07) is 5.14. The van der Waals surface area contributed by atoms with Crippen molar-refractivity contribution in [2.24, 2.45) is 0 Å². The third-order valence-electron chi connectivity index (χ3n) is 2.48. The maximum atomic E-state index is 12.1. The molecule has 2 aromatic heterocycles. The number of hydrogen-bond acceptors (Lipinski definition) is 3. The van der Waals surface area contributed by atoms with Crippen molar-refractivity contribution in [1.29, 1.82) is 0 Å². The number of carbonyl (C=O) groups excluding carboxylic acids is 1. The van der Waals surface area contributed by atoms with Gasteiger partial charge >= 0.3 is 0 Å². The quantitative estimate of drug-likeness (QED) is 0.915. The molecule has 0 bridgehead atoms. The van der Waals surface area contributed by atoms with Crippen molar-refractivity contribution >= 4 is 33.3 Å². The van der Waals surface area contributed by atoms with Gasteiger partial charge in [-0.3, -0.25) is 4.79 Å². The van der Waals surface area contributed by atoms with Crippen molar-refractivity contribution in [2.75, 3.05) is 11.1 Å². The minimum Gasteiger partial charge on any atom is -0.384 e.